The highest BCUT2D eigenvalue weighted by Gasteiger charge is 2.25. The molecule has 2 heterocycles. The van der Waals surface area contributed by atoms with Gasteiger partial charge in [0.25, 0.3) is 0 Å². The van der Waals surface area contributed by atoms with E-state index in [0.29, 0.717) is 36.4 Å². The molecule has 0 aliphatic heterocycles. The topological polar surface area (TPSA) is 64.2 Å². The zero-order valence-electron chi connectivity index (χ0n) is 18.2. The lowest BCUT2D eigenvalue weighted by Gasteiger charge is -2.24. The number of hydrogen-bond acceptors (Lipinski definition) is 5. The van der Waals surface area contributed by atoms with Gasteiger partial charge in [-0.1, -0.05) is 72.4 Å². The molecule has 7 heteroatoms. The van der Waals surface area contributed by atoms with Gasteiger partial charge in [-0.15, -0.1) is 10.2 Å². The summed E-state index contributed by atoms with van der Waals surface area (Å²) in [5, 5.41) is 9.17. The molecule has 0 spiro atoms. The number of carbonyl (C=O) groups is 1. The minimum atomic E-state index is -0.304. The molecule has 0 saturated heterocycles. The minimum Gasteiger partial charge on any atom is -0.461 e. The van der Waals surface area contributed by atoms with Crippen LogP contribution in [0.4, 0.5) is 0 Å². The fourth-order valence-electron chi connectivity index (χ4n) is 3.49. The second-order valence-electron chi connectivity index (χ2n) is 7.45. The third-order valence-electron chi connectivity index (χ3n) is 5.18. The number of furan rings is 1. The quantitative estimate of drug-likeness (QED) is 0.334. The van der Waals surface area contributed by atoms with Gasteiger partial charge >= 0.3 is 0 Å². The number of thioether (sulfide) groups is 1. The van der Waals surface area contributed by atoms with Crippen molar-refractivity contribution in [2.45, 2.75) is 37.3 Å². The van der Waals surface area contributed by atoms with Crippen molar-refractivity contribution in [3.05, 3.63) is 90.2 Å². The Hall–Kier alpha value is -3.32. The molecule has 0 aliphatic rings. The third-order valence-corrected chi connectivity index (χ3v) is 6.25. The Morgan fingerprint density at radius 2 is 1.69 bits per heavy atom. The van der Waals surface area contributed by atoms with Gasteiger partial charge < -0.3 is 9.32 Å². The first-order chi connectivity index (χ1) is 15.7. The summed E-state index contributed by atoms with van der Waals surface area (Å²) >= 11 is 1.43. The Morgan fingerprint density at radius 3 is 2.31 bits per heavy atom. The molecule has 1 amide bonds. The van der Waals surface area contributed by atoms with E-state index in [1.807, 2.05) is 84.0 Å². The summed E-state index contributed by atoms with van der Waals surface area (Å²) in [7, 11) is 0. The Bertz CT molecular complexity index is 1130. The van der Waals surface area contributed by atoms with Gasteiger partial charge in [-0.25, -0.2) is 0 Å². The largest absolute Gasteiger partial charge is 0.461 e. The SMILES string of the molecule is CCN(Cc1ccccc1)C(=O)C(C)Sc1nnc(-c2ccco2)n1Cc1ccccc1. The van der Waals surface area contributed by atoms with E-state index in [-0.39, 0.29) is 11.2 Å². The molecule has 0 saturated carbocycles. The summed E-state index contributed by atoms with van der Waals surface area (Å²) in [6.07, 6.45) is 1.62. The average molecular weight is 447 g/mol. The van der Waals surface area contributed by atoms with Gasteiger partial charge in [0.1, 0.15) is 0 Å². The number of carbonyl (C=O) groups excluding carboxylic acids is 1. The summed E-state index contributed by atoms with van der Waals surface area (Å²) in [6.45, 7) is 5.76. The standard InChI is InChI=1S/C25H26N4O2S/c1-3-28(17-20-11-6-4-7-12-20)24(30)19(2)32-25-27-26-23(22-15-10-16-31-22)29(25)18-21-13-8-5-9-14-21/h4-16,19H,3,17-18H2,1-2H3. The molecule has 1 atom stereocenters. The molecule has 2 aromatic carbocycles. The van der Waals surface area contributed by atoms with Gasteiger partial charge in [-0.2, -0.15) is 0 Å². The molecule has 0 N–H and O–H groups in total. The molecule has 4 aromatic rings. The highest BCUT2D eigenvalue weighted by atomic mass is 32.2. The first-order valence-electron chi connectivity index (χ1n) is 10.7. The number of rotatable bonds is 9. The van der Waals surface area contributed by atoms with Gasteiger partial charge in [-0.05, 0) is 37.1 Å². The van der Waals surface area contributed by atoms with E-state index in [4.69, 9.17) is 4.42 Å². The van der Waals surface area contributed by atoms with Crippen molar-refractivity contribution < 1.29 is 9.21 Å². The van der Waals surface area contributed by atoms with Crippen LogP contribution in [0.2, 0.25) is 0 Å². The number of benzene rings is 2. The van der Waals surface area contributed by atoms with Crippen LogP contribution in [-0.2, 0) is 17.9 Å². The number of aromatic nitrogens is 3. The van der Waals surface area contributed by atoms with Crippen LogP contribution in [0.3, 0.4) is 0 Å². The highest BCUT2D eigenvalue weighted by molar-refractivity contribution is 8.00. The number of nitrogens with zero attached hydrogens (tertiary/aromatic N) is 4. The van der Waals surface area contributed by atoms with Crippen LogP contribution < -0.4 is 0 Å². The van der Waals surface area contributed by atoms with E-state index in [9.17, 15) is 4.79 Å². The van der Waals surface area contributed by atoms with E-state index in [2.05, 4.69) is 22.3 Å². The normalized spacial score (nSPS) is 11.9. The average Bonchev–Trinajstić information content (AvgIpc) is 3.49. The van der Waals surface area contributed by atoms with Crippen molar-refractivity contribution in [1.82, 2.24) is 19.7 Å². The molecule has 4 rings (SSSR count). The highest BCUT2D eigenvalue weighted by Crippen LogP contribution is 2.29. The first-order valence-corrected chi connectivity index (χ1v) is 11.5. The van der Waals surface area contributed by atoms with Crippen LogP contribution in [0.5, 0.6) is 0 Å². The lowest BCUT2D eigenvalue weighted by Crippen LogP contribution is -2.36. The van der Waals surface area contributed by atoms with Gasteiger partial charge in [0.15, 0.2) is 10.9 Å². The van der Waals surface area contributed by atoms with Gasteiger partial charge in [-0.3, -0.25) is 9.36 Å². The van der Waals surface area contributed by atoms with Crippen LogP contribution in [0.25, 0.3) is 11.6 Å². The molecular formula is C25H26N4O2S. The predicted molar refractivity (Wildman–Crippen MR) is 126 cm³/mol. The molecule has 0 radical (unpaired) electrons. The maximum absolute atomic E-state index is 13.2. The van der Waals surface area contributed by atoms with E-state index < -0.39 is 0 Å². The second-order valence-corrected chi connectivity index (χ2v) is 8.76. The van der Waals surface area contributed by atoms with Crippen molar-refractivity contribution in [3.63, 3.8) is 0 Å². The van der Waals surface area contributed by atoms with Gasteiger partial charge in [0, 0.05) is 13.1 Å². The molecule has 1 unspecified atom stereocenters. The van der Waals surface area contributed by atoms with Crippen LogP contribution >= 0.6 is 11.8 Å². The van der Waals surface area contributed by atoms with E-state index in [1.165, 1.54) is 11.8 Å². The smallest absolute Gasteiger partial charge is 0.236 e. The van der Waals surface area contributed by atoms with Crippen molar-refractivity contribution in [2.75, 3.05) is 6.54 Å². The van der Waals surface area contributed by atoms with E-state index >= 15 is 0 Å². The lowest BCUT2D eigenvalue weighted by atomic mass is 10.2. The maximum atomic E-state index is 13.2. The summed E-state index contributed by atoms with van der Waals surface area (Å²) < 4.78 is 7.59. The molecule has 0 bridgehead atoms. The Morgan fingerprint density at radius 1 is 1.00 bits per heavy atom. The van der Waals surface area contributed by atoms with Crippen LogP contribution in [0.1, 0.15) is 25.0 Å². The van der Waals surface area contributed by atoms with E-state index in [0.717, 1.165) is 11.1 Å². The van der Waals surface area contributed by atoms with E-state index in [1.54, 1.807) is 6.26 Å². The Kier molecular flexibility index (Phi) is 7.07. The summed E-state index contributed by atoms with van der Waals surface area (Å²) in [5.74, 6) is 1.38. The lowest BCUT2D eigenvalue weighted by molar-refractivity contribution is -0.130. The summed E-state index contributed by atoms with van der Waals surface area (Å²) in [6, 6.07) is 23.9. The van der Waals surface area contributed by atoms with Crippen LogP contribution in [-0.4, -0.2) is 37.4 Å². The van der Waals surface area contributed by atoms with Crippen LogP contribution in [0.15, 0.2) is 88.6 Å². The Balaban J connectivity index is 1.55. The Labute approximate surface area is 192 Å². The molecule has 0 aliphatic carbocycles. The molecular weight excluding hydrogens is 420 g/mol. The predicted octanol–water partition coefficient (Wildman–Crippen LogP) is 5.12. The first kappa shape index (κ1) is 21.9. The zero-order valence-corrected chi connectivity index (χ0v) is 19.0. The summed E-state index contributed by atoms with van der Waals surface area (Å²) in [4.78, 5) is 15.1. The van der Waals surface area contributed by atoms with Gasteiger partial charge in [0.2, 0.25) is 11.7 Å². The molecule has 164 valence electrons. The monoisotopic (exact) mass is 446 g/mol. The molecule has 6 nitrogen and oxygen atoms in total. The number of hydrogen-bond donors (Lipinski definition) is 0. The third kappa shape index (κ3) is 5.11. The molecule has 2 aromatic heterocycles. The van der Waals surface area contributed by atoms with Crippen molar-refractivity contribution in [1.29, 1.82) is 0 Å². The molecule has 0 fully saturated rings. The van der Waals surface area contributed by atoms with Crippen LogP contribution in [0, 0.1) is 0 Å². The summed E-state index contributed by atoms with van der Waals surface area (Å²) in [5.41, 5.74) is 2.24. The molecule has 32 heavy (non-hydrogen) atoms. The second kappa shape index (κ2) is 10.3. The fourth-order valence-corrected chi connectivity index (χ4v) is 4.42. The van der Waals surface area contributed by atoms with Crippen molar-refractivity contribution >= 4 is 17.7 Å². The minimum absolute atomic E-state index is 0.0789. The fraction of sp³-hybridized carbons (Fsp3) is 0.240. The van der Waals surface area contributed by atoms with Gasteiger partial charge in [0.05, 0.1) is 18.1 Å². The zero-order chi connectivity index (χ0) is 22.3. The van der Waals surface area contributed by atoms with Crippen molar-refractivity contribution in [2.24, 2.45) is 0 Å². The maximum Gasteiger partial charge on any atom is 0.236 e. The number of amides is 1. The van der Waals surface area contributed by atoms with Crippen molar-refractivity contribution in [3.8, 4) is 11.6 Å².